The van der Waals surface area contributed by atoms with Crippen molar-refractivity contribution < 1.29 is 9.69 Å². The highest BCUT2D eigenvalue weighted by molar-refractivity contribution is 6.42. The van der Waals surface area contributed by atoms with Crippen LogP contribution in [0.25, 0.3) is 10.9 Å². The lowest BCUT2D eigenvalue weighted by Crippen LogP contribution is -3.11. The molecule has 0 saturated heterocycles. The third-order valence-electron chi connectivity index (χ3n) is 4.26. The largest absolute Gasteiger partial charge is 0.321 e. The maximum atomic E-state index is 12.5. The number of anilines is 1. The van der Waals surface area contributed by atoms with Crippen molar-refractivity contribution in [2.24, 2.45) is 0 Å². The number of quaternary nitrogens is 1. The zero-order valence-corrected chi connectivity index (χ0v) is 17.3. The third kappa shape index (κ3) is 4.83. The summed E-state index contributed by atoms with van der Waals surface area (Å²) >= 11 is 18.1. The highest BCUT2D eigenvalue weighted by Gasteiger charge is 2.18. The first-order valence-electron chi connectivity index (χ1n) is 8.63. The molecule has 3 rings (SSSR count). The van der Waals surface area contributed by atoms with Crippen LogP contribution in [0.4, 0.5) is 5.69 Å². The summed E-state index contributed by atoms with van der Waals surface area (Å²) in [4.78, 5) is 32.9. The summed E-state index contributed by atoms with van der Waals surface area (Å²) in [5.74, 6) is 0.266. The molecule has 0 aliphatic heterocycles. The lowest BCUT2D eigenvalue weighted by atomic mass is 10.2. The number of fused-ring (bicyclic) bond motifs is 1. The van der Waals surface area contributed by atoms with E-state index in [0.29, 0.717) is 40.5 Å². The first kappa shape index (κ1) is 20.6. The molecule has 3 aromatic rings. The van der Waals surface area contributed by atoms with Gasteiger partial charge in [-0.1, -0.05) is 46.9 Å². The molecule has 9 heteroatoms. The highest BCUT2D eigenvalue weighted by Crippen LogP contribution is 2.33. The van der Waals surface area contributed by atoms with Crippen LogP contribution < -0.4 is 15.8 Å². The number of H-pyrrole nitrogens is 1. The van der Waals surface area contributed by atoms with Crippen LogP contribution >= 0.6 is 34.8 Å². The maximum Gasteiger partial charge on any atom is 0.279 e. The van der Waals surface area contributed by atoms with E-state index in [2.05, 4.69) is 15.3 Å². The van der Waals surface area contributed by atoms with Crippen LogP contribution in [0.5, 0.6) is 0 Å². The summed E-state index contributed by atoms with van der Waals surface area (Å²) in [6.07, 6.45) is 0. The minimum Gasteiger partial charge on any atom is -0.321 e. The minimum atomic E-state index is -0.258. The van der Waals surface area contributed by atoms with Crippen molar-refractivity contribution in [1.29, 1.82) is 0 Å². The number of aromatic amines is 1. The number of para-hydroxylation sites is 1. The molecule has 0 aliphatic carbocycles. The smallest absolute Gasteiger partial charge is 0.279 e. The fourth-order valence-corrected chi connectivity index (χ4v) is 3.75. The van der Waals surface area contributed by atoms with E-state index >= 15 is 0 Å². The molecule has 0 fully saturated rings. The van der Waals surface area contributed by atoms with Crippen LogP contribution in [0.1, 0.15) is 12.7 Å². The van der Waals surface area contributed by atoms with Gasteiger partial charge < -0.3 is 15.2 Å². The lowest BCUT2D eigenvalue weighted by Gasteiger charge is -2.17. The van der Waals surface area contributed by atoms with Crippen LogP contribution in [0, 0.1) is 0 Å². The second-order valence-corrected chi connectivity index (χ2v) is 7.53. The Balaban J connectivity index is 1.72. The zero-order valence-electron chi connectivity index (χ0n) is 15.0. The van der Waals surface area contributed by atoms with Crippen LogP contribution in [0.15, 0.2) is 41.2 Å². The van der Waals surface area contributed by atoms with Crippen LogP contribution in [0.3, 0.4) is 0 Å². The number of nitrogens with zero attached hydrogens (tertiary/aromatic N) is 1. The second kappa shape index (κ2) is 8.92. The van der Waals surface area contributed by atoms with Gasteiger partial charge in [-0.3, -0.25) is 9.59 Å². The Hall–Kier alpha value is -2.12. The molecule has 0 radical (unpaired) electrons. The number of halogens is 3. The van der Waals surface area contributed by atoms with Gasteiger partial charge in [0.2, 0.25) is 0 Å². The molecule has 1 heterocycles. The van der Waals surface area contributed by atoms with Crippen LogP contribution in [-0.2, 0) is 11.3 Å². The first-order valence-corrected chi connectivity index (χ1v) is 9.76. The molecule has 1 aromatic heterocycles. The van der Waals surface area contributed by atoms with E-state index in [1.54, 1.807) is 18.2 Å². The molecule has 2 aromatic carbocycles. The maximum absolute atomic E-state index is 12.5. The number of likely N-dealkylation sites (N-methyl/N-ethyl adjacent to an activating group) is 1. The number of rotatable bonds is 6. The van der Waals surface area contributed by atoms with Crippen molar-refractivity contribution in [2.75, 3.05) is 18.4 Å². The van der Waals surface area contributed by atoms with Crippen molar-refractivity contribution in [3.8, 4) is 0 Å². The number of amides is 1. The quantitative estimate of drug-likeness (QED) is 0.551. The van der Waals surface area contributed by atoms with Gasteiger partial charge in [0, 0.05) is 5.02 Å². The Morgan fingerprint density at radius 2 is 1.86 bits per heavy atom. The van der Waals surface area contributed by atoms with E-state index < -0.39 is 0 Å². The van der Waals surface area contributed by atoms with Crippen molar-refractivity contribution in [3.05, 3.63) is 67.6 Å². The number of benzene rings is 2. The van der Waals surface area contributed by atoms with Gasteiger partial charge in [0.15, 0.2) is 12.4 Å². The fraction of sp³-hybridized carbons (Fsp3) is 0.211. The number of carbonyl (C=O) groups excluding carboxylic acids is 1. The molecule has 1 atom stereocenters. The summed E-state index contributed by atoms with van der Waals surface area (Å²) in [5, 5.41) is 4.18. The summed E-state index contributed by atoms with van der Waals surface area (Å²) in [7, 11) is 0. The van der Waals surface area contributed by atoms with E-state index in [1.165, 1.54) is 12.1 Å². The molecule has 28 heavy (non-hydrogen) atoms. The number of aromatic nitrogens is 2. The number of nitrogens with one attached hydrogen (secondary N) is 3. The predicted octanol–water partition coefficient (Wildman–Crippen LogP) is 2.93. The van der Waals surface area contributed by atoms with E-state index in [4.69, 9.17) is 34.8 Å². The Morgan fingerprint density at radius 3 is 2.54 bits per heavy atom. The number of hydrogen-bond acceptors (Lipinski definition) is 3. The predicted molar refractivity (Wildman–Crippen MR) is 113 cm³/mol. The SMILES string of the molecule is CC[NH+](CC(=O)Nc1c(Cl)cc(Cl)cc1Cl)Cc1nc2ccccc2c(=O)[nH]1. The van der Waals surface area contributed by atoms with Gasteiger partial charge in [0.1, 0.15) is 6.54 Å². The van der Waals surface area contributed by atoms with Crippen LogP contribution in [-0.4, -0.2) is 29.0 Å². The summed E-state index contributed by atoms with van der Waals surface area (Å²) in [5.41, 5.74) is 0.756. The highest BCUT2D eigenvalue weighted by atomic mass is 35.5. The molecular weight excluding hydrogens is 423 g/mol. The topological polar surface area (TPSA) is 79.3 Å². The Labute approximate surface area is 176 Å². The van der Waals surface area contributed by atoms with E-state index in [-0.39, 0.29) is 28.1 Å². The van der Waals surface area contributed by atoms with E-state index in [1.807, 2.05) is 13.0 Å². The fourth-order valence-electron chi connectivity index (χ4n) is 2.84. The average Bonchev–Trinajstić information content (AvgIpc) is 2.64. The monoisotopic (exact) mass is 439 g/mol. The molecule has 0 bridgehead atoms. The average molecular weight is 441 g/mol. The molecule has 0 aliphatic rings. The molecule has 0 spiro atoms. The first-order chi connectivity index (χ1) is 13.4. The standard InChI is InChI=1S/C19H17Cl3N4O2/c1-2-26(9-16-23-15-6-4-3-5-12(15)19(28)24-16)10-17(27)25-18-13(21)7-11(20)8-14(18)22/h3-8H,2,9-10H2,1H3,(H,25,27)(H,23,24,28)/p+1. The van der Waals surface area contributed by atoms with Gasteiger partial charge in [-0.05, 0) is 31.2 Å². The Kier molecular flexibility index (Phi) is 6.57. The lowest BCUT2D eigenvalue weighted by molar-refractivity contribution is -0.904. The van der Waals surface area contributed by atoms with Gasteiger partial charge in [0.05, 0.1) is 33.2 Å². The molecule has 3 N–H and O–H groups in total. The molecule has 1 unspecified atom stereocenters. The van der Waals surface area contributed by atoms with Crippen molar-refractivity contribution in [3.63, 3.8) is 0 Å². The van der Waals surface area contributed by atoms with E-state index in [9.17, 15) is 9.59 Å². The molecule has 1 amide bonds. The second-order valence-electron chi connectivity index (χ2n) is 6.28. The molecule has 146 valence electrons. The minimum absolute atomic E-state index is 0.155. The van der Waals surface area contributed by atoms with Gasteiger partial charge in [-0.25, -0.2) is 4.98 Å². The third-order valence-corrected chi connectivity index (χ3v) is 5.08. The molecular formula is C19H18Cl3N4O2+. The Bertz CT molecular complexity index is 1060. The van der Waals surface area contributed by atoms with Crippen molar-refractivity contribution in [1.82, 2.24) is 9.97 Å². The van der Waals surface area contributed by atoms with Crippen molar-refractivity contribution in [2.45, 2.75) is 13.5 Å². The van der Waals surface area contributed by atoms with Crippen molar-refractivity contribution >= 4 is 57.3 Å². The van der Waals surface area contributed by atoms with Gasteiger partial charge in [-0.2, -0.15) is 0 Å². The van der Waals surface area contributed by atoms with Crippen LogP contribution in [0.2, 0.25) is 15.1 Å². The summed E-state index contributed by atoms with van der Waals surface area (Å²) < 4.78 is 0. The summed E-state index contributed by atoms with van der Waals surface area (Å²) in [6.45, 7) is 3.16. The van der Waals surface area contributed by atoms with E-state index in [0.717, 1.165) is 4.90 Å². The zero-order chi connectivity index (χ0) is 20.3. The number of carbonyl (C=O) groups is 1. The summed E-state index contributed by atoms with van der Waals surface area (Å²) in [6, 6.07) is 10.2. The molecule has 0 saturated carbocycles. The number of hydrogen-bond donors (Lipinski definition) is 3. The van der Waals surface area contributed by atoms with Gasteiger partial charge in [-0.15, -0.1) is 0 Å². The normalized spacial score (nSPS) is 12.1. The Morgan fingerprint density at radius 1 is 1.18 bits per heavy atom. The molecule has 6 nitrogen and oxygen atoms in total. The van der Waals surface area contributed by atoms with Gasteiger partial charge >= 0.3 is 0 Å². The van der Waals surface area contributed by atoms with Gasteiger partial charge in [0.25, 0.3) is 11.5 Å².